The van der Waals surface area contributed by atoms with Crippen LogP contribution in [0.5, 0.6) is 5.75 Å². The Hall–Kier alpha value is -3.44. The fraction of sp³-hybridized carbons (Fsp3) is 0.438. The third-order valence-electron chi connectivity index (χ3n) is 8.04. The van der Waals surface area contributed by atoms with Gasteiger partial charge in [-0.15, -0.1) is 13.2 Å². The zero-order valence-corrected chi connectivity index (χ0v) is 25.4. The molecule has 7 nitrogen and oxygen atoms in total. The number of benzene rings is 2. The number of likely N-dealkylation sites (N-methyl/N-ethyl adjacent to an activating group) is 1. The first-order chi connectivity index (χ1) is 20.3. The van der Waals surface area contributed by atoms with Gasteiger partial charge in [0.15, 0.2) is 0 Å². The number of sulfonamides is 1. The number of alkyl halides is 3. The molecule has 2 aliphatic heterocycles. The van der Waals surface area contributed by atoms with Crippen molar-refractivity contribution in [3.63, 3.8) is 0 Å². The van der Waals surface area contributed by atoms with Crippen LogP contribution in [0.2, 0.25) is 0 Å². The van der Waals surface area contributed by atoms with Crippen LogP contribution >= 0.6 is 0 Å². The van der Waals surface area contributed by atoms with E-state index in [1.54, 1.807) is 48.4 Å². The molecule has 2 aliphatic rings. The minimum atomic E-state index is -4.52. The second-order valence-electron chi connectivity index (χ2n) is 11.2. The number of rotatable bonds is 12. The molecule has 2 aromatic carbocycles. The highest BCUT2D eigenvalue weighted by molar-refractivity contribution is 7.89. The summed E-state index contributed by atoms with van der Waals surface area (Å²) in [5.74, 6) is -0.0537. The van der Waals surface area contributed by atoms with Crippen LogP contribution in [0.15, 0.2) is 66.7 Å². The molecule has 2 aromatic rings. The molecule has 11 heteroatoms. The first kappa shape index (κ1) is 32.5. The molecule has 1 saturated heterocycles. The van der Waals surface area contributed by atoms with Gasteiger partial charge in [-0.25, -0.2) is 12.7 Å². The van der Waals surface area contributed by atoms with Gasteiger partial charge in [-0.1, -0.05) is 18.2 Å². The summed E-state index contributed by atoms with van der Waals surface area (Å²) in [6, 6.07) is 8.96. The lowest BCUT2D eigenvalue weighted by Crippen LogP contribution is -2.51. The Labute approximate surface area is 251 Å². The summed E-state index contributed by atoms with van der Waals surface area (Å²) in [5.41, 5.74) is 1.95. The number of aryl methyl sites for hydroxylation is 2. The molecule has 0 unspecified atom stereocenters. The minimum Gasteiger partial charge on any atom is -0.493 e. The van der Waals surface area contributed by atoms with Gasteiger partial charge in [-0.05, 0) is 79.6 Å². The zero-order valence-electron chi connectivity index (χ0n) is 24.6. The summed E-state index contributed by atoms with van der Waals surface area (Å²) >= 11 is 0. The minimum absolute atomic E-state index is 0.0577. The van der Waals surface area contributed by atoms with E-state index in [4.69, 9.17) is 9.73 Å². The molecule has 0 saturated carbocycles. The highest BCUT2D eigenvalue weighted by Crippen LogP contribution is 2.41. The van der Waals surface area contributed by atoms with Crippen LogP contribution in [0.25, 0.3) is 0 Å². The molecular formula is C32H38F3N3O4S. The van der Waals surface area contributed by atoms with E-state index >= 15 is 0 Å². The van der Waals surface area contributed by atoms with Gasteiger partial charge in [0.2, 0.25) is 10.0 Å². The number of aliphatic imine (C=N–C) groups is 1. The van der Waals surface area contributed by atoms with Gasteiger partial charge in [0.25, 0.3) is 5.91 Å². The molecule has 0 atom stereocenters. The van der Waals surface area contributed by atoms with E-state index in [1.165, 1.54) is 4.31 Å². The first-order valence-corrected chi connectivity index (χ1v) is 15.9. The Balaban J connectivity index is 1.37. The predicted octanol–water partition coefficient (Wildman–Crippen LogP) is 5.83. The second-order valence-corrected chi connectivity index (χ2v) is 13.3. The highest BCUT2D eigenvalue weighted by Gasteiger charge is 2.44. The van der Waals surface area contributed by atoms with Gasteiger partial charge in [0.1, 0.15) is 5.75 Å². The molecule has 1 amide bonds. The summed E-state index contributed by atoms with van der Waals surface area (Å²) in [6.45, 7) is 10.4. The average Bonchev–Trinajstić information content (AvgIpc) is 2.94. The van der Waals surface area contributed by atoms with Gasteiger partial charge in [-0.2, -0.15) is 13.2 Å². The van der Waals surface area contributed by atoms with E-state index in [1.807, 2.05) is 6.92 Å². The molecule has 43 heavy (non-hydrogen) atoms. The monoisotopic (exact) mass is 617 g/mol. The van der Waals surface area contributed by atoms with Gasteiger partial charge in [0, 0.05) is 44.4 Å². The van der Waals surface area contributed by atoms with Gasteiger partial charge >= 0.3 is 6.18 Å². The average molecular weight is 618 g/mol. The highest BCUT2D eigenvalue weighted by atomic mass is 32.2. The number of hydrogen-bond acceptors (Lipinski definition) is 5. The molecule has 4 rings (SSSR count). The number of carbonyl (C=O) groups excluding carboxylic acids is 1. The van der Waals surface area contributed by atoms with Crippen molar-refractivity contribution in [2.45, 2.75) is 50.7 Å². The molecule has 232 valence electrons. The lowest BCUT2D eigenvalue weighted by Gasteiger charge is -2.44. The first-order valence-electron chi connectivity index (χ1n) is 14.3. The SMILES string of the molecule is C=CCCOc1cc(C2=NC3(CCN(S(=O)(=O)CCc4ccc(C(=O)N(C)CC=C)cc4C)CC3)C2)cc(C(F)(F)F)c1. The Kier molecular flexibility index (Phi) is 9.86. The smallest absolute Gasteiger partial charge is 0.416 e. The van der Waals surface area contributed by atoms with Crippen LogP contribution in [0.1, 0.15) is 58.3 Å². The standard InChI is InChI=1S/C32H38F3N3O4S/c1-5-7-16-42-28-20-26(19-27(21-28)32(33,34)35)29-22-31(36-29)11-14-38(15-12-31)43(40,41)17-10-24-8-9-25(18-23(24)3)30(39)37(4)13-6-2/h5-6,8-9,18-21H,1-2,7,10-17,22H2,3-4H3. The maximum atomic E-state index is 13.5. The largest absolute Gasteiger partial charge is 0.493 e. The van der Waals surface area contributed by atoms with Crippen molar-refractivity contribution in [1.29, 1.82) is 0 Å². The van der Waals surface area contributed by atoms with Crippen molar-refractivity contribution in [2.75, 3.05) is 39.0 Å². The lowest BCUT2D eigenvalue weighted by atomic mass is 9.77. The fourth-order valence-corrected chi connectivity index (χ4v) is 6.94. The topological polar surface area (TPSA) is 79.3 Å². The normalized spacial score (nSPS) is 16.7. The Morgan fingerprint density at radius 3 is 2.44 bits per heavy atom. The van der Waals surface area contributed by atoms with Crippen molar-refractivity contribution in [2.24, 2.45) is 4.99 Å². The van der Waals surface area contributed by atoms with E-state index in [9.17, 15) is 26.4 Å². The summed E-state index contributed by atoms with van der Waals surface area (Å²) in [5, 5.41) is 0. The maximum Gasteiger partial charge on any atom is 0.416 e. The van der Waals surface area contributed by atoms with Gasteiger partial charge in [0.05, 0.1) is 23.5 Å². The fourth-order valence-electron chi connectivity index (χ4n) is 5.47. The molecule has 1 spiro atoms. The van der Waals surface area contributed by atoms with Crippen molar-refractivity contribution < 1.29 is 31.1 Å². The lowest BCUT2D eigenvalue weighted by molar-refractivity contribution is -0.137. The van der Waals surface area contributed by atoms with Crippen LogP contribution in [0.4, 0.5) is 13.2 Å². The third-order valence-corrected chi connectivity index (χ3v) is 9.91. The van der Waals surface area contributed by atoms with Crippen LogP contribution < -0.4 is 4.74 Å². The van der Waals surface area contributed by atoms with Crippen LogP contribution in [0, 0.1) is 6.92 Å². The van der Waals surface area contributed by atoms with Crippen LogP contribution in [-0.2, 0) is 22.6 Å². The molecule has 0 aliphatic carbocycles. The maximum absolute atomic E-state index is 13.5. The third kappa shape index (κ3) is 7.75. The number of carbonyl (C=O) groups is 1. The van der Waals surface area contributed by atoms with Crippen molar-refractivity contribution in [3.8, 4) is 5.75 Å². The van der Waals surface area contributed by atoms with E-state index in [0.29, 0.717) is 68.6 Å². The molecule has 0 radical (unpaired) electrons. The molecular weight excluding hydrogens is 579 g/mol. The van der Waals surface area contributed by atoms with Gasteiger partial charge < -0.3 is 9.64 Å². The summed E-state index contributed by atoms with van der Waals surface area (Å²) in [6.07, 6.45) is 1.09. The quantitative estimate of drug-likeness (QED) is 0.222. The van der Waals surface area contributed by atoms with Crippen LogP contribution in [-0.4, -0.2) is 73.8 Å². The van der Waals surface area contributed by atoms with E-state index in [2.05, 4.69) is 13.2 Å². The Morgan fingerprint density at radius 2 is 1.84 bits per heavy atom. The second kappa shape index (κ2) is 13.1. The van der Waals surface area contributed by atoms with Crippen molar-refractivity contribution in [1.82, 2.24) is 9.21 Å². The summed E-state index contributed by atoms with van der Waals surface area (Å²) < 4.78 is 73.9. The predicted molar refractivity (Wildman–Crippen MR) is 162 cm³/mol. The number of halogens is 3. The van der Waals surface area contributed by atoms with E-state index < -0.39 is 27.3 Å². The summed E-state index contributed by atoms with van der Waals surface area (Å²) in [4.78, 5) is 18.8. The van der Waals surface area contributed by atoms with E-state index in [0.717, 1.165) is 23.3 Å². The van der Waals surface area contributed by atoms with Crippen molar-refractivity contribution >= 4 is 21.6 Å². The number of amides is 1. The van der Waals surface area contributed by atoms with Crippen molar-refractivity contribution in [3.05, 3.63) is 89.5 Å². The molecule has 2 heterocycles. The number of ether oxygens (including phenoxy) is 1. The molecule has 0 bridgehead atoms. The number of piperidine rings is 1. The molecule has 1 fully saturated rings. The molecule has 0 aromatic heterocycles. The summed E-state index contributed by atoms with van der Waals surface area (Å²) in [7, 11) is -1.84. The number of nitrogens with zero attached hydrogens (tertiary/aromatic N) is 3. The Bertz CT molecular complexity index is 1510. The zero-order chi connectivity index (χ0) is 31.4. The van der Waals surface area contributed by atoms with Crippen LogP contribution in [0.3, 0.4) is 0 Å². The Morgan fingerprint density at radius 1 is 1.14 bits per heavy atom. The van der Waals surface area contributed by atoms with Gasteiger partial charge in [-0.3, -0.25) is 9.79 Å². The number of hydrogen-bond donors (Lipinski definition) is 0. The van der Waals surface area contributed by atoms with E-state index in [-0.39, 0.29) is 24.0 Å². The molecule has 0 N–H and O–H groups in total.